The molecule has 0 unspecified atom stereocenters. The molecule has 0 spiro atoms. The lowest BCUT2D eigenvalue weighted by Crippen LogP contribution is -2.10. The average molecular weight is 116 g/mol. The molecule has 1 heteroatoms. The molecular weight excluding hydrogens is 100 g/mol. The van der Waals surface area contributed by atoms with Crippen LogP contribution in [0.1, 0.15) is 27.2 Å². The maximum atomic E-state index is 8.64. The first kappa shape index (κ1) is 7.96. The maximum absolute atomic E-state index is 8.64. The average Bonchev–Trinajstić information content (AvgIpc) is 1.84. The molecule has 0 amide bonds. The monoisotopic (exact) mass is 116 g/mol. The van der Waals surface area contributed by atoms with Crippen LogP contribution in [0, 0.1) is 11.8 Å². The molecule has 8 heavy (non-hydrogen) atoms. The summed E-state index contributed by atoms with van der Waals surface area (Å²) in [4.78, 5) is 0. The Labute approximate surface area is 51.7 Å². The van der Waals surface area contributed by atoms with E-state index in [1.165, 1.54) is 6.42 Å². The van der Waals surface area contributed by atoms with Gasteiger partial charge in [0.1, 0.15) is 0 Å². The molecule has 0 rings (SSSR count). The summed E-state index contributed by atoms with van der Waals surface area (Å²) in [5.41, 5.74) is 0. The van der Waals surface area contributed by atoms with Crippen LogP contribution in [0.5, 0.6) is 0 Å². The van der Waals surface area contributed by atoms with E-state index in [0.717, 1.165) is 0 Å². The molecule has 0 fully saturated rings. The Morgan fingerprint density at radius 3 is 1.88 bits per heavy atom. The van der Waals surface area contributed by atoms with Crippen LogP contribution in [0.15, 0.2) is 0 Å². The first-order valence-corrected chi connectivity index (χ1v) is 3.33. The van der Waals surface area contributed by atoms with Crippen molar-refractivity contribution in [3.05, 3.63) is 0 Å². The van der Waals surface area contributed by atoms with Crippen LogP contribution in [0.3, 0.4) is 0 Å². The van der Waals surface area contributed by atoms with Gasteiger partial charge < -0.3 is 5.11 Å². The fraction of sp³-hybridized carbons (Fsp3) is 1.00. The molecule has 0 bridgehead atoms. The number of aliphatic hydroxyl groups excluding tert-OH is 1. The van der Waals surface area contributed by atoms with Crippen molar-refractivity contribution < 1.29 is 5.11 Å². The summed E-state index contributed by atoms with van der Waals surface area (Å²) < 4.78 is 0. The standard InChI is InChI=1S/C7H16O/c1-4-6(2)7(3)5-8/h6-8H,4-5H2,1-3H3/t6-,7+/m1/s1. The Morgan fingerprint density at radius 1 is 1.25 bits per heavy atom. The molecule has 2 atom stereocenters. The van der Waals surface area contributed by atoms with Crippen LogP contribution in [-0.2, 0) is 0 Å². The molecule has 1 N–H and O–H groups in total. The fourth-order valence-corrected chi connectivity index (χ4v) is 0.582. The molecule has 0 aliphatic rings. The van der Waals surface area contributed by atoms with Crippen LogP contribution in [0.2, 0.25) is 0 Å². The topological polar surface area (TPSA) is 20.2 Å². The molecule has 0 aliphatic heterocycles. The Balaban J connectivity index is 3.29. The van der Waals surface area contributed by atoms with Crippen LogP contribution >= 0.6 is 0 Å². The lowest BCUT2D eigenvalue weighted by Gasteiger charge is -2.13. The van der Waals surface area contributed by atoms with Gasteiger partial charge in [0, 0.05) is 6.61 Å². The first-order valence-electron chi connectivity index (χ1n) is 3.33. The summed E-state index contributed by atoms with van der Waals surface area (Å²) in [6.07, 6.45) is 1.17. The summed E-state index contributed by atoms with van der Waals surface area (Å²) in [6, 6.07) is 0. The number of hydrogen-bond acceptors (Lipinski definition) is 1. The van der Waals surface area contributed by atoms with Crippen LogP contribution in [0.25, 0.3) is 0 Å². The molecule has 0 radical (unpaired) electrons. The lowest BCUT2D eigenvalue weighted by atomic mass is 9.95. The van der Waals surface area contributed by atoms with Crippen LogP contribution < -0.4 is 0 Å². The predicted molar refractivity (Wildman–Crippen MR) is 35.7 cm³/mol. The lowest BCUT2D eigenvalue weighted by molar-refractivity contribution is 0.193. The summed E-state index contributed by atoms with van der Waals surface area (Å²) in [7, 11) is 0. The molecular formula is C7H16O. The number of aliphatic hydroxyl groups is 1. The minimum absolute atomic E-state index is 0.328. The van der Waals surface area contributed by atoms with Gasteiger partial charge in [-0.25, -0.2) is 0 Å². The van der Waals surface area contributed by atoms with Gasteiger partial charge in [-0.3, -0.25) is 0 Å². The van der Waals surface area contributed by atoms with Crippen molar-refractivity contribution in [3.63, 3.8) is 0 Å². The van der Waals surface area contributed by atoms with E-state index in [4.69, 9.17) is 5.11 Å². The fourth-order valence-electron chi connectivity index (χ4n) is 0.582. The SMILES string of the molecule is CC[C@@H](C)[C@@H](C)CO. The van der Waals surface area contributed by atoms with Gasteiger partial charge in [-0.15, -0.1) is 0 Å². The van der Waals surface area contributed by atoms with E-state index in [0.29, 0.717) is 18.4 Å². The third-order valence-electron chi connectivity index (χ3n) is 1.90. The van der Waals surface area contributed by atoms with Crippen molar-refractivity contribution in [2.45, 2.75) is 27.2 Å². The van der Waals surface area contributed by atoms with Gasteiger partial charge in [-0.05, 0) is 11.8 Å². The predicted octanol–water partition coefficient (Wildman–Crippen LogP) is 1.66. The Morgan fingerprint density at radius 2 is 1.75 bits per heavy atom. The number of hydrogen-bond donors (Lipinski definition) is 1. The quantitative estimate of drug-likeness (QED) is 0.594. The second-order valence-corrected chi connectivity index (χ2v) is 2.55. The normalized spacial score (nSPS) is 18.0. The Kier molecular flexibility index (Phi) is 3.88. The second kappa shape index (κ2) is 3.90. The highest BCUT2D eigenvalue weighted by Crippen LogP contribution is 2.12. The molecule has 50 valence electrons. The Hall–Kier alpha value is -0.0400. The van der Waals surface area contributed by atoms with E-state index >= 15 is 0 Å². The summed E-state index contributed by atoms with van der Waals surface area (Å²) in [5.74, 6) is 1.14. The molecule has 0 aromatic heterocycles. The van der Waals surface area contributed by atoms with Crippen molar-refractivity contribution in [2.75, 3.05) is 6.61 Å². The Bertz CT molecular complexity index is 44.3. The summed E-state index contributed by atoms with van der Waals surface area (Å²) in [6.45, 7) is 6.72. The zero-order valence-electron chi connectivity index (χ0n) is 6.02. The maximum Gasteiger partial charge on any atom is 0.0459 e. The third kappa shape index (κ3) is 2.31. The van der Waals surface area contributed by atoms with E-state index in [1.54, 1.807) is 0 Å². The van der Waals surface area contributed by atoms with Crippen molar-refractivity contribution in [2.24, 2.45) is 11.8 Å². The molecule has 0 aliphatic carbocycles. The summed E-state index contributed by atoms with van der Waals surface area (Å²) >= 11 is 0. The van der Waals surface area contributed by atoms with E-state index in [9.17, 15) is 0 Å². The highest BCUT2D eigenvalue weighted by atomic mass is 16.3. The van der Waals surface area contributed by atoms with Crippen molar-refractivity contribution in [3.8, 4) is 0 Å². The smallest absolute Gasteiger partial charge is 0.0459 e. The summed E-state index contributed by atoms with van der Waals surface area (Å²) in [5, 5.41) is 8.64. The third-order valence-corrected chi connectivity index (χ3v) is 1.90. The largest absolute Gasteiger partial charge is 0.396 e. The van der Waals surface area contributed by atoms with E-state index in [2.05, 4.69) is 20.8 Å². The van der Waals surface area contributed by atoms with Gasteiger partial charge in [0.05, 0.1) is 0 Å². The minimum atomic E-state index is 0.328. The van der Waals surface area contributed by atoms with Gasteiger partial charge in [0.15, 0.2) is 0 Å². The zero-order chi connectivity index (χ0) is 6.57. The molecule has 0 aromatic rings. The highest BCUT2D eigenvalue weighted by Gasteiger charge is 2.06. The number of rotatable bonds is 3. The molecule has 0 aromatic carbocycles. The van der Waals surface area contributed by atoms with Gasteiger partial charge >= 0.3 is 0 Å². The van der Waals surface area contributed by atoms with Gasteiger partial charge in [0.25, 0.3) is 0 Å². The van der Waals surface area contributed by atoms with Crippen LogP contribution in [-0.4, -0.2) is 11.7 Å². The molecule has 0 heterocycles. The van der Waals surface area contributed by atoms with Gasteiger partial charge in [-0.2, -0.15) is 0 Å². The van der Waals surface area contributed by atoms with Gasteiger partial charge in [0.2, 0.25) is 0 Å². The van der Waals surface area contributed by atoms with Gasteiger partial charge in [-0.1, -0.05) is 27.2 Å². The van der Waals surface area contributed by atoms with Crippen LogP contribution in [0.4, 0.5) is 0 Å². The second-order valence-electron chi connectivity index (χ2n) is 2.55. The van der Waals surface area contributed by atoms with Crippen molar-refractivity contribution in [1.29, 1.82) is 0 Å². The van der Waals surface area contributed by atoms with E-state index < -0.39 is 0 Å². The molecule has 0 saturated carbocycles. The van der Waals surface area contributed by atoms with Crippen molar-refractivity contribution >= 4 is 0 Å². The zero-order valence-corrected chi connectivity index (χ0v) is 6.02. The van der Waals surface area contributed by atoms with E-state index in [1.807, 2.05) is 0 Å². The molecule has 1 nitrogen and oxygen atoms in total. The van der Waals surface area contributed by atoms with E-state index in [-0.39, 0.29) is 0 Å². The molecule has 0 saturated heterocycles. The first-order chi connectivity index (χ1) is 3.72. The van der Waals surface area contributed by atoms with Crippen molar-refractivity contribution in [1.82, 2.24) is 0 Å². The minimum Gasteiger partial charge on any atom is -0.396 e. The highest BCUT2D eigenvalue weighted by molar-refractivity contribution is 4.56.